The lowest BCUT2D eigenvalue weighted by Gasteiger charge is -2.32. The number of ketones is 1. The van der Waals surface area contributed by atoms with Gasteiger partial charge in [0.1, 0.15) is 5.84 Å². The summed E-state index contributed by atoms with van der Waals surface area (Å²) in [4.78, 5) is 41.9. The van der Waals surface area contributed by atoms with Crippen LogP contribution >= 0.6 is 0 Å². The molecule has 1 saturated carbocycles. The molecule has 1 heterocycles. The molecule has 1 aliphatic heterocycles. The van der Waals surface area contributed by atoms with E-state index in [1.54, 1.807) is 24.3 Å². The van der Waals surface area contributed by atoms with Gasteiger partial charge in [-0.25, -0.2) is 8.42 Å². The predicted molar refractivity (Wildman–Crippen MR) is 195 cm³/mol. The molecule has 4 rings (SSSR count). The van der Waals surface area contributed by atoms with E-state index < -0.39 is 21.8 Å². The zero-order chi connectivity index (χ0) is 35.2. The topological polar surface area (TPSA) is 150 Å². The lowest BCUT2D eigenvalue weighted by Crippen LogP contribution is -2.45. The molecule has 0 radical (unpaired) electrons. The third-order valence-electron chi connectivity index (χ3n) is 10.5. The summed E-state index contributed by atoms with van der Waals surface area (Å²) in [5.74, 6) is -0.590. The van der Waals surface area contributed by atoms with Crippen molar-refractivity contribution in [2.24, 2.45) is 23.5 Å². The Kier molecular flexibility index (Phi) is 14.9. The molecule has 2 atom stereocenters. The molecule has 49 heavy (non-hydrogen) atoms. The molecule has 10 heteroatoms. The highest BCUT2D eigenvalue weighted by molar-refractivity contribution is 7.90. The van der Waals surface area contributed by atoms with Gasteiger partial charge in [0.05, 0.1) is 23.5 Å². The number of hydrogen-bond acceptors (Lipinski definition) is 6. The Labute approximate surface area is 293 Å². The number of carbonyl (C=O) groups is 3. The third kappa shape index (κ3) is 12.7. The molecule has 1 aliphatic carbocycles. The van der Waals surface area contributed by atoms with Crippen LogP contribution in [0.4, 0.5) is 0 Å². The van der Waals surface area contributed by atoms with Crippen LogP contribution in [0.1, 0.15) is 107 Å². The average molecular weight is 693 g/mol. The van der Waals surface area contributed by atoms with Gasteiger partial charge in [-0.3, -0.25) is 19.8 Å². The maximum Gasteiger partial charge on any atom is 0.224 e. The second-order valence-corrected chi connectivity index (χ2v) is 16.3. The zero-order valence-electron chi connectivity index (χ0n) is 29.2. The van der Waals surface area contributed by atoms with Crippen LogP contribution in [0.25, 0.3) is 0 Å². The monoisotopic (exact) mass is 692 g/mol. The van der Waals surface area contributed by atoms with Crippen LogP contribution in [-0.4, -0.2) is 61.6 Å². The highest BCUT2D eigenvalue weighted by atomic mass is 32.2. The first-order chi connectivity index (χ1) is 23.5. The predicted octanol–water partition coefficient (Wildman–Crippen LogP) is 5.98. The number of carbonyl (C=O) groups excluding carboxylic acids is 3. The lowest BCUT2D eigenvalue weighted by molar-refractivity contribution is -0.132. The molecule has 0 bridgehead atoms. The number of amides is 2. The molecule has 9 nitrogen and oxygen atoms in total. The number of nitrogens with two attached hydrogens (primary N) is 1. The Morgan fingerprint density at radius 3 is 2.14 bits per heavy atom. The lowest BCUT2D eigenvalue weighted by atomic mass is 9.84. The molecule has 1 saturated heterocycles. The number of nitrogens with zero attached hydrogens (tertiary/aromatic N) is 1. The maximum atomic E-state index is 14.1. The highest BCUT2D eigenvalue weighted by Crippen LogP contribution is 2.29. The van der Waals surface area contributed by atoms with Gasteiger partial charge in [0.2, 0.25) is 11.8 Å². The van der Waals surface area contributed by atoms with Crippen LogP contribution < -0.4 is 11.1 Å². The van der Waals surface area contributed by atoms with Gasteiger partial charge in [0, 0.05) is 31.5 Å². The van der Waals surface area contributed by atoms with Crippen molar-refractivity contribution in [1.82, 2.24) is 10.2 Å². The molecule has 0 unspecified atom stereocenters. The molecule has 2 aliphatic rings. The molecule has 2 amide bonds. The van der Waals surface area contributed by atoms with Crippen LogP contribution in [0.2, 0.25) is 0 Å². The van der Waals surface area contributed by atoms with Gasteiger partial charge in [-0.05, 0) is 67.9 Å². The Bertz CT molecular complexity index is 1480. The van der Waals surface area contributed by atoms with Gasteiger partial charge in [0.25, 0.3) is 0 Å². The fourth-order valence-electron chi connectivity index (χ4n) is 7.39. The number of likely N-dealkylation sites (tertiary alicyclic amines) is 1. The van der Waals surface area contributed by atoms with Crippen molar-refractivity contribution in [3.63, 3.8) is 0 Å². The first kappa shape index (κ1) is 38.3. The number of rotatable bonds is 18. The summed E-state index contributed by atoms with van der Waals surface area (Å²) in [5.41, 5.74) is 7.85. The Morgan fingerprint density at radius 2 is 1.51 bits per heavy atom. The number of Topliss-reactive ketones (excluding diaryl/α,β-unsaturated/α-hetero) is 1. The van der Waals surface area contributed by atoms with Crippen LogP contribution in [0, 0.1) is 23.2 Å². The van der Waals surface area contributed by atoms with Gasteiger partial charge in [0.15, 0.2) is 15.6 Å². The van der Waals surface area contributed by atoms with E-state index in [-0.39, 0.29) is 41.4 Å². The number of benzene rings is 2. The average Bonchev–Trinajstić information content (AvgIpc) is 3.11. The minimum Gasteiger partial charge on any atom is -0.384 e. The number of nitrogens with one attached hydrogen (secondary N) is 2. The molecular formula is C39H56N4O5S. The summed E-state index contributed by atoms with van der Waals surface area (Å²) in [7, 11) is -3.62. The van der Waals surface area contributed by atoms with Crippen molar-refractivity contribution in [1.29, 1.82) is 5.41 Å². The second-order valence-electron chi connectivity index (χ2n) is 14.2. The SMILES string of the molecule is CCC(=O)N1CCC(CC[C@@H](CS(=O)(=O)Cc2ccccc2)C(=O)N[C@@H](CCC2CCCCC2)C(=O)CCc2ccc(C(=N)N)cc2)CC1. The number of nitrogen functional groups attached to an aromatic ring is 1. The summed E-state index contributed by atoms with van der Waals surface area (Å²) >= 11 is 0. The van der Waals surface area contributed by atoms with E-state index in [0.717, 1.165) is 37.7 Å². The summed E-state index contributed by atoms with van der Waals surface area (Å²) in [6.07, 6.45) is 11.3. The van der Waals surface area contributed by atoms with Gasteiger partial charge >= 0.3 is 0 Å². The van der Waals surface area contributed by atoms with Crippen molar-refractivity contribution >= 4 is 33.3 Å². The number of sulfone groups is 1. The van der Waals surface area contributed by atoms with Gasteiger partial charge < -0.3 is 16.0 Å². The van der Waals surface area contributed by atoms with Gasteiger partial charge in [-0.15, -0.1) is 0 Å². The number of hydrogen-bond donors (Lipinski definition) is 3. The van der Waals surface area contributed by atoms with Crippen molar-refractivity contribution < 1.29 is 22.8 Å². The number of piperidine rings is 1. The minimum absolute atomic E-state index is 0.00879. The van der Waals surface area contributed by atoms with E-state index >= 15 is 0 Å². The summed E-state index contributed by atoms with van der Waals surface area (Å²) in [6, 6.07) is 15.6. The van der Waals surface area contributed by atoms with Crippen molar-refractivity contribution in [3.05, 3.63) is 71.3 Å². The maximum absolute atomic E-state index is 14.1. The third-order valence-corrected chi connectivity index (χ3v) is 12.2. The Hall–Kier alpha value is -3.53. The van der Waals surface area contributed by atoms with Crippen LogP contribution in [0.5, 0.6) is 0 Å². The van der Waals surface area contributed by atoms with E-state index in [0.29, 0.717) is 68.2 Å². The molecule has 4 N–H and O–H groups in total. The van der Waals surface area contributed by atoms with Crippen molar-refractivity contribution in [3.8, 4) is 0 Å². The number of aryl methyl sites for hydroxylation is 1. The van der Waals surface area contributed by atoms with Crippen LogP contribution in [0.15, 0.2) is 54.6 Å². The largest absolute Gasteiger partial charge is 0.384 e. The molecule has 2 aromatic rings. The first-order valence-electron chi connectivity index (χ1n) is 18.3. The van der Waals surface area contributed by atoms with E-state index in [2.05, 4.69) is 5.32 Å². The van der Waals surface area contributed by atoms with Crippen molar-refractivity contribution in [2.45, 2.75) is 109 Å². The normalized spacial score (nSPS) is 17.3. The molecule has 0 spiro atoms. The highest BCUT2D eigenvalue weighted by Gasteiger charge is 2.31. The van der Waals surface area contributed by atoms with Crippen LogP contribution in [0.3, 0.4) is 0 Å². The molecule has 2 fully saturated rings. The van der Waals surface area contributed by atoms with E-state index in [1.807, 2.05) is 42.2 Å². The van der Waals surface area contributed by atoms with Gasteiger partial charge in [-0.2, -0.15) is 0 Å². The smallest absolute Gasteiger partial charge is 0.224 e. The minimum atomic E-state index is -3.62. The Balaban J connectivity index is 1.46. The molecule has 0 aromatic heterocycles. The quantitative estimate of drug-likeness (QED) is 0.129. The van der Waals surface area contributed by atoms with Gasteiger partial charge in [-0.1, -0.05) is 93.6 Å². The summed E-state index contributed by atoms with van der Waals surface area (Å²) < 4.78 is 27.0. The molecule has 2 aromatic carbocycles. The fraction of sp³-hybridized carbons (Fsp3) is 0.590. The van der Waals surface area contributed by atoms with Crippen LogP contribution in [-0.2, 0) is 36.4 Å². The summed E-state index contributed by atoms with van der Waals surface area (Å²) in [6.45, 7) is 3.25. The fourth-order valence-corrected chi connectivity index (χ4v) is 9.14. The molecular weight excluding hydrogens is 637 g/mol. The van der Waals surface area contributed by atoms with E-state index in [9.17, 15) is 22.8 Å². The second kappa shape index (κ2) is 19.0. The van der Waals surface area contributed by atoms with Crippen molar-refractivity contribution in [2.75, 3.05) is 18.8 Å². The molecule has 268 valence electrons. The van der Waals surface area contributed by atoms with E-state index in [4.69, 9.17) is 11.1 Å². The number of amidine groups is 1. The Morgan fingerprint density at radius 1 is 0.878 bits per heavy atom. The van der Waals surface area contributed by atoms with E-state index in [1.165, 1.54) is 19.3 Å². The summed E-state index contributed by atoms with van der Waals surface area (Å²) in [5, 5.41) is 10.7. The standard InChI is InChI=1S/C39H56N4O5S/c1-2-37(45)43-25-23-31(24-26-43)15-20-34(28-49(47,48)27-32-11-7-4-8-12-32)39(46)42-35(21-16-29-9-5-3-6-10-29)36(44)22-17-30-13-18-33(19-14-30)38(40)41/h4,7-8,11-14,18-19,29,31,34-35H,2-3,5-6,9-10,15-17,20-28H2,1H3,(H3,40,41)(H,42,46)/t34-,35-/m0/s1. The zero-order valence-corrected chi connectivity index (χ0v) is 30.0. The first-order valence-corrected chi connectivity index (χ1v) is 20.1.